The van der Waals surface area contributed by atoms with Crippen LogP contribution in [0.4, 0.5) is 0 Å². The van der Waals surface area contributed by atoms with Crippen molar-refractivity contribution >= 4 is 43.7 Å². The van der Waals surface area contributed by atoms with Gasteiger partial charge in [0, 0.05) is 24.0 Å². The third kappa shape index (κ3) is 60.7. The Balaban J connectivity index is -0.0000000450. The summed E-state index contributed by atoms with van der Waals surface area (Å²) in [7, 11) is 0. The van der Waals surface area contributed by atoms with Gasteiger partial charge >= 0.3 is 37.7 Å². The van der Waals surface area contributed by atoms with Crippen LogP contribution in [-0.2, 0) is 21.9 Å². The fourth-order valence-corrected chi connectivity index (χ4v) is 0. The normalized spacial score (nSPS) is 4.17. The second-order valence-corrected chi connectivity index (χ2v) is 0.519. The molecule has 0 atom stereocenters. The van der Waals surface area contributed by atoms with E-state index in [1.54, 1.807) is 0 Å². The van der Waals surface area contributed by atoms with E-state index in [1.807, 2.05) is 0 Å². The molecule has 0 bridgehead atoms. The number of hydrogen-bond acceptors (Lipinski definition) is 1. The standard InChI is InChI=1S/C2H4O2.Ca.Fe.2H/c1-2(3)4;;;;/h1H3,(H,3,4);;;;. The van der Waals surface area contributed by atoms with E-state index in [2.05, 4.69) is 0 Å². The summed E-state index contributed by atoms with van der Waals surface area (Å²) < 4.78 is 0. The van der Waals surface area contributed by atoms with Gasteiger partial charge in [-0.05, 0) is 0 Å². The predicted octanol–water partition coefficient (Wildman–Crippen LogP) is -0.828. The number of carboxylic acids is 1. The van der Waals surface area contributed by atoms with Crippen LogP contribution >= 0.6 is 0 Å². The molecule has 2 nitrogen and oxygen atoms in total. The Labute approximate surface area is 76.8 Å². The molecule has 36 valence electrons. The van der Waals surface area contributed by atoms with E-state index >= 15 is 0 Å². The summed E-state index contributed by atoms with van der Waals surface area (Å²) in [6.07, 6.45) is 0. The monoisotopic (exact) mass is 158 g/mol. The van der Waals surface area contributed by atoms with Crippen molar-refractivity contribution in [2.45, 2.75) is 6.92 Å². The van der Waals surface area contributed by atoms with Crippen molar-refractivity contribution in [3.63, 3.8) is 0 Å². The van der Waals surface area contributed by atoms with E-state index < -0.39 is 5.97 Å². The molecular formula is C2H6CaFeO2. The van der Waals surface area contributed by atoms with Crippen molar-refractivity contribution in [1.29, 1.82) is 0 Å². The van der Waals surface area contributed by atoms with Gasteiger partial charge < -0.3 is 5.11 Å². The average Bonchev–Trinajstić information content (AvgIpc) is 0.811. The van der Waals surface area contributed by atoms with E-state index in [-0.39, 0.29) is 54.8 Å². The number of rotatable bonds is 0. The number of aliphatic carboxylic acids is 1. The molecule has 0 spiro atoms. The van der Waals surface area contributed by atoms with E-state index in [0.29, 0.717) is 0 Å². The van der Waals surface area contributed by atoms with Crippen molar-refractivity contribution in [2.24, 2.45) is 0 Å². The minimum absolute atomic E-state index is 0. The number of hydrogen-bond donors (Lipinski definition) is 1. The average molecular weight is 158 g/mol. The minimum atomic E-state index is -0.833. The van der Waals surface area contributed by atoms with Gasteiger partial charge in [0.05, 0.1) is 0 Å². The van der Waals surface area contributed by atoms with Crippen molar-refractivity contribution < 1.29 is 27.0 Å². The van der Waals surface area contributed by atoms with Crippen LogP contribution in [0, 0.1) is 0 Å². The molecule has 0 saturated carbocycles. The summed E-state index contributed by atoms with van der Waals surface area (Å²) in [4.78, 5) is 9.00. The maximum atomic E-state index is 9.00. The predicted molar refractivity (Wildman–Crippen MR) is 21.9 cm³/mol. The molecule has 0 radical (unpaired) electrons. The van der Waals surface area contributed by atoms with Gasteiger partial charge in [-0.2, -0.15) is 0 Å². The largest absolute Gasteiger partial charge is 0 e. The summed E-state index contributed by atoms with van der Waals surface area (Å²) in [5.41, 5.74) is 0. The number of carbonyl (C=O) groups is 1. The molecule has 0 saturated heterocycles. The van der Waals surface area contributed by atoms with Crippen molar-refractivity contribution in [3.8, 4) is 0 Å². The second kappa shape index (κ2) is 9.54. The molecule has 0 rings (SSSR count). The first-order chi connectivity index (χ1) is 1.73. The molecule has 0 aliphatic heterocycles. The van der Waals surface area contributed by atoms with E-state index in [1.165, 1.54) is 0 Å². The Morgan fingerprint density at radius 2 is 1.67 bits per heavy atom. The quantitative estimate of drug-likeness (QED) is 0.467. The van der Waals surface area contributed by atoms with Crippen molar-refractivity contribution in [2.75, 3.05) is 0 Å². The third-order valence-corrected chi connectivity index (χ3v) is 0. The van der Waals surface area contributed by atoms with Crippen LogP contribution in [0.5, 0.6) is 0 Å². The van der Waals surface area contributed by atoms with Gasteiger partial charge in [-0.3, -0.25) is 4.79 Å². The zero-order valence-corrected chi connectivity index (χ0v) is 3.81. The summed E-state index contributed by atoms with van der Waals surface area (Å²) in [5.74, 6) is -0.833. The molecule has 0 aromatic heterocycles. The van der Waals surface area contributed by atoms with Crippen LogP contribution < -0.4 is 0 Å². The molecule has 0 aliphatic rings. The topological polar surface area (TPSA) is 37.3 Å². The molecule has 0 aliphatic carbocycles. The Hall–Kier alpha value is 1.25. The zero-order chi connectivity index (χ0) is 3.58. The molecule has 0 amide bonds. The van der Waals surface area contributed by atoms with Gasteiger partial charge in [0.2, 0.25) is 0 Å². The van der Waals surface area contributed by atoms with Crippen molar-refractivity contribution in [1.82, 2.24) is 0 Å². The molecule has 0 aromatic rings. The molecule has 0 unspecified atom stereocenters. The Bertz CT molecular complexity index is 34.5. The van der Waals surface area contributed by atoms with Crippen LogP contribution in [-0.4, -0.2) is 48.8 Å². The van der Waals surface area contributed by atoms with E-state index in [0.717, 1.165) is 6.92 Å². The third-order valence-electron chi connectivity index (χ3n) is 0. The van der Waals surface area contributed by atoms with E-state index in [9.17, 15) is 0 Å². The molecule has 0 heterocycles. The Morgan fingerprint density at radius 3 is 1.67 bits per heavy atom. The summed E-state index contributed by atoms with van der Waals surface area (Å²) in [5, 5.41) is 7.42. The molecule has 6 heavy (non-hydrogen) atoms. The summed E-state index contributed by atoms with van der Waals surface area (Å²) >= 11 is 0. The maximum absolute atomic E-state index is 9.00. The molecular weight excluding hydrogens is 152 g/mol. The summed E-state index contributed by atoms with van der Waals surface area (Å²) in [6.45, 7) is 1.08. The fraction of sp³-hybridized carbons (Fsp3) is 0.500. The maximum Gasteiger partial charge on any atom is 0 e. The molecule has 0 aromatic carbocycles. The van der Waals surface area contributed by atoms with Crippen molar-refractivity contribution in [3.05, 3.63) is 0 Å². The second-order valence-electron chi connectivity index (χ2n) is 0.519. The van der Waals surface area contributed by atoms with Gasteiger partial charge in [0.15, 0.2) is 0 Å². The smallest absolute Gasteiger partial charge is 0 e. The van der Waals surface area contributed by atoms with Gasteiger partial charge in [-0.15, -0.1) is 0 Å². The Kier molecular flexibility index (Phi) is 24.9. The van der Waals surface area contributed by atoms with Crippen LogP contribution in [0.2, 0.25) is 0 Å². The minimum Gasteiger partial charge on any atom is 0 e. The molecule has 1 N–H and O–H groups in total. The zero-order valence-electron chi connectivity index (χ0n) is 2.71. The van der Waals surface area contributed by atoms with Crippen LogP contribution in [0.3, 0.4) is 0 Å². The first-order valence-electron chi connectivity index (χ1n) is 0.928. The Morgan fingerprint density at radius 1 is 1.67 bits per heavy atom. The fourth-order valence-electron chi connectivity index (χ4n) is 0. The molecule has 4 heteroatoms. The first-order valence-corrected chi connectivity index (χ1v) is 0.928. The van der Waals surface area contributed by atoms with Crippen LogP contribution in [0.25, 0.3) is 0 Å². The van der Waals surface area contributed by atoms with E-state index in [4.69, 9.17) is 9.90 Å². The number of carboxylic acid groups (broad SMARTS) is 1. The van der Waals surface area contributed by atoms with Gasteiger partial charge in [0.25, 0.3) is 5.97 Å². The van der Waals surface area contributed by atoms with Gasteiger partial charge in [-0.25, -0.2) is 0 Å². The molecule has 0 fully saturated rings. The SMILES string of the molecule is CC(=O)O.[CaH2].[Fe]. The van der Waals surface area contributed by atoms with Gasteiger partial charge in [-0.1, -0.05) is 0 Å². The first kappa shape index (κ1) is 15.7. The van der Waals surface area contributed by atoms with Crippen LogP contribution in [0.1, 0.15) is 6.92 Å². The van der Waals surface area contributed by atoms with Crippen LogP contribution in [0.15, 0.2) is 0 Å². The van der Waals surface area contributed by atoms with Gasteiger partial charge in [0.1, 0.15) is 0 Å². The summed E-state index contributed by atoms with van der Waals surface area (Å²) in [6, 6.07) is 0.